The fourth-order valence-corrected chi connectivity index (χ4v) is 2.06. The van der Waals surface area contributed by atoms with Crippen LogP contribution in [-0.4, -0.2) is 15.0 Å². The largest absolute Gasteiger partial charge is 0.345 e. The molecule has 4 heteroatoms. The van der Waals surface area contributed by atoms with Gasteiger partial charge in [0.25, 0.3) is 0 Å². The summed E-state index contributed by atoms with van der Waals surface area (Å²) >= 11 is 0. The number of benzene rings is 1. The lowest BCUT2D eigenvalue weighted by molar-refractivity contribution is 1.06. The fraction of sp³-hybridized carbons (Fsp3) is 0.0714. The minimum atomic E-state index is -0.337. The van der Waals surface area contributed by atoms with Gasteiger partial charge in [0, 0.05) is 23.3 Å². The Balaban J connectivity index is 2.38. The van der Waals surface area contributed by atoms with Gasteiger partial charge in [0.15, 0.2) is 0 Å². The molecular weight excluding hydrogens is 226 g/mol. The average molecular weight is 237 g/mol. The van der Waals surface area contributed by atoms with Gasteiger partial charge in [-0.05, 0) is 24.6 Å². The molecule has 0 saturated heterocycles. The summed E-state index contributed by atoms with van der Waals surface area (Å²) in [5, 5.41) is 1.02. The molecule has 0 atom stereocenters. The molecule has 1 N–H and O–H groups in total. The number of hydrogen-bond donors (Lipinski definition) is 1. The first kappa shape index (κ1) is 10.7. The lowest BCUT2D eigenvalue weighted by atomic mass is 10.0. The van der Waals surface area contributed by atoms with Crippen LogP contribution in [0, 0.1) is 6.92 Å². The molecular formula is C14H11N3O. The minimum Gasteiger partial charge on any atom is -0.305 e. The average Bonchev–Trinajstić information content (AvgIpc) is 2.41. The monoisotopic (exact) mass is 237 g/mol. The van der Waals surface area contributed by atoms with Crippen molar-refractivity contribution in [3.8, 4) is 11.3 Å². The number of hydrogen-bond acceptors (Lipinski definition) is 3. The highest BCUT2D eigenvalue weighted by Crippen LogP contribution is 2.27. The van der Waals surface area contributed by atoms with E-state index >= 15 is 0 Å². The summed E-state index contributed by atoms with van der Waals surface area (Å²) in [6.07, 6.45) is 3.34. The minimum absolute atomic E-state index is 0.337. The van der Waals surface area contributed by atoms with Gasteiger partial charge in [-0.2, -0.15) is 0 Å². The number of aromatic nitrogens is 3. The van der Waals surface area contributed by atoms with Crippen LogP contribution < -0.4 is 5.69 Å². The van der Waals surface area contributed by atoms with Crippen LogP contribution in [0.4, 0.5) is 0 Å². The SMILES string of the molecule is Cc1cnc(=O)[nH]c1-c1cccc2ncccc12. The highest BCUT2D eigenvalue weighted by Gasteiger charge is 2.07. The number of rotatable bonds is 1. The maximum absolute atomic E-state index is 11.4. The summed E-state index contributed by atoms with van der Waals surface area (Å²) in [7, 11) is 0. The van der Waals surface area contributed by atoms with Crippen LogP contribution in [0.15, 0.2) is 47.5 Å². The third-order valence-corrected chi connectivity index (χ3v) is 2.92. The van der Waals surface area contributed by atoms with E-state index in [-0.39, 0.29) is 5.69 Å². The first-order valence-corrected chi connectivity index (χ1v) is 5.66. The second-order valence-electron chi connectivity index (χ2n) is 4.12. The predicted molar refractivity (Wildman–Crippen MR) is 70.3 cm³/mol. The van der Waals surface area contributed by atoms with E-state index in [4.69, 9.17) is 0 Å². The Morgan fingerprint density at radius 3 is 2.89 bits per heavy atom. The Labute approximate surface area is 103 Å². The Hall–Kier alpha value is -2.49. The summed E-state index contributed by atoms with van der Waals surface area (Å²) < 4.78 is 0. The summed E-state index contributed by atoms with van der Waals surface area (Å²) in [6.45, 7) is 1.92. The van der Waals surface area contributed by atoms with Crippen molar-refractivity contribution in [3.63, 3.8) is 0 Å². The van der Waals surface area contributed by atoms with Gasteiger partial charge in [-0.25, -0.2) is 9.78 Å². The number of pyridine rings is 1. The molecule has 2 aromatic heterocycles. The molecule has 0 bridgehead atoms. The van der Waals surface area contributed by atoms with Crippen LogP contribution in [0.25, 0.3) is 22.2 Å². The van der Waals surface area contributed by atoms with Crippen LogP contribution in [-0.2, 0) is 0 Å². The summed E-state index contributed by atoms with van der Waals surface area (Å²) in [4.78, 5) is 22.2. The van der Waals surface area contributed by atoms with Gasteiger partial charge in [-0.15, -0.1) is 0 Å². The van der Waals surface area contributed by atoms with Crippen molar-refractivity contribution in [2.75, 3.05) is 0 Å². The zero-order valence-corrected chi connectivity index (χ0v) is 9.84. The van der Waals surface area contributed by atoms with E-state index in [0.717, 1.165) is 27.7 Å². The molecule has 0 aliphatic rings. The molecule has 1 aromatic carbocycles. The van der Waals surface area contributed by atoms with Crippen molar-refractivity contribution in [1.29, 1.82) is 0 Å². The number of H-pyrrole nitrogens is 1. The Kier molecular flexibility index (Phi) is 2.41. The van der Waals surface area contributed by atoms with Crippen LogP contribution in [0.1, 0.15) is 5.56 Å². The molecule has 0 fully saturated rings. The molecule has 0 aliphatic heterocycles. The number of nitrogens with zero attached hydrogens (tertiary/aromatic N) is 2. The predicted octanol–water partition coefficient (Wildman–Crippen LogP) is 2.29. The van der Waals surface area contributed by atoms with Crippen molar-refractivity contribution < 1.29 is 0 Å². The molecule has 0 saturated carbocycles. The van der Waals surface area contributed by atoms with E-state index in [2.05, 4.69) is 15.0 Å². The lowest BCUT2D eigenvalue weighted by Gasteiger charge is -2.08. The molecule has 3 rings (SSSR count). The fourth-order valence-electron chi connectivity index (χ4n) is 2.06. The molecule has 0 radical (unpaired) electrons. The maximum atomic E-state index is 11.4. The molecule has 18 heavy (non-hydrogen) atoms. The van der Waals surface area contributed by atoms with Gasteiger partial charge >= 0.3 is 5.69 Å². The van der Waals surface area contributed by atoms with Gasteiger partial charge < -0.3 is 4.98 Å². The van der Waals surface area contributed by atoms with E-state index in [1.807, 2.05) is 37.3 Å². The van der Waals surface area contributed by atoms with Crippen molar-refractivity contribution >= 4 is 10.9 Å². The van der Waals surface area contributed by atoms with Gasteiger partial charge in [-0.3, -0.25) is 4.98 Å². The number of fused-ring (bicyclic) bond motifs is 1. The van der Waals surface area contributed by atoms with Crippen LogP contribution in [0.2, 0.25) is 0 Å². The van der Waals surface area contributed by atoms with Crippen molar-refractivity contribution in [1.82, 2.24) is 15.0 Å². The smallest absolute Gasteiger partial charge is 0.305 e. The summed E-state index contributed by atoms with van der Waals surface area (Å²) in [5.74, 6) is 0. The molecule has 0 aliphatic carbocycles. The molecule has 0 unspecified atom stereocenters. The van der Waals surface area contributed by atoms with E-state index in [9.17, 15) is 4.79 Å². The van der Waals surface area contributed by atoms with Crippen molar-refractivity contribution in [2.24, 2.45) is 0 Å². The van der Waals surface area contributed by atoms with Gasteiger partial charge in [0.1, 0.15) is 0 Å². The molecule has 88 valence electrons. The zero-order valence-electron chi connectivity index (χ0n) is 9.84. The highest BCUT2D eigenvalue weighted by atomic mass is 16.1. The zero-order chi connectivity index (χ0) is 12.5. The van der Waals surface area contributed by atoms with Gasteiger partial charge in [-0.1, -0.05) is 18.2 Å². The number of aromatic amines is 1. The standard InChI is InChI=1S/C14H11N3O/c1-9-8-16-14(18)17-13(9)11-4-2-6-12-10(11)5-3-7-15-12/h2-8H,1H3,(H,16,17,18). The van der Waals surface area contributed by atoms with E-state index < -0.39 is 0 Å². The molecule has 0 amide bonds. The number of aryl methyl sites for hydroxylation is 1. The quantitative estimate of drug-likeness (QED) is 0.706. The van der Waals surface area contributed by atoms with Crippen molar-refractivity contribution in [3.05, 3.63) is 58.8 Å². The van der Waals surface area contributed by atoms with Gasteiger partial charge in [0.2, 0.25) is 0 Å². The van der Waals surface area contributed by atoms with Gasteiger partial charge in [0.05, 0.1) is 11.2 Å². The maximum Gasteiger partial charge on any atom is 0.345 e. The second kappa shape index (κ2) is 4.07. The summed E-state index contributed by atoms with van der Waals surface area (Å²) in [6, 6.07) is 9.74. The Morgan fingerprint density at radius 2 is 2.00 bits per heavy atom. The third kappa shape index (κ3) is 1.68. The van der Waals surface area contributed by atoms with Crippen LogP contribution in [0.3, 0.4) is 0 Å². The van der Waals surface area contributed by atoms with E-state index in [1.165, 1.54) is 0 Å². The topological polar surface area (TPSA) is 58.6 Å². The second-order valence-corrected chi connectivity index (χ2v) is 4.12. The Bertz CT molecular complexity index is 772. The van der Waals surface area contributed by atoms with E-state index in [1.54, 1.807) is 12.4 Å². The summed E-state index contributed by atoms with van der Waals surface area (Å²) in [5.41, 5.74) is 3.28. The molecule has 0 spiro atoms. The molecule has 3 aromatic rings. The first-order valence-electron chi connectivity index (χ1n) is 5.66. The molecule has 4 nitrogen and oxygen atoms in total. The Morgan fingerprint density at radius 1 is 1.11 bits per heavy atom. The van der Waals surface area contributed by atoms with Crippen LogP contribution in [0.5, 0.6) is 0 Å². The highest BCUT2D eigenvalue weighted by molar-refractivity contribution is 5.93. The first-order chi connectivity index (χ1) is 8.75. The normalized spacial score (nSPS) is 10.7. The van der Waals surface area contributed by atoms with E-state index in [0.29, 0.717) is 0 Å². The number of nitrogens with one attached hydrogen (secondary N) is 1. The lowest BCUT2D eigenvalue weighted by Crippen LogP contribution is -2.11. The molecule has 2 heterocycles. The van der Waals surface area contributed by atoms with Crippen LogP contribution >= 0.6 is 0 Å². The third-order valence-electron chi connectivity index (χ3n) is 2.92. The van der Waals surface area contributed by atoms with Crippen molar-refractivity contribution in [2.45, 2.75) is 6.92 Å².